The van der Waals surface area contributed by atoms with Gasteiger partial charge in [0.05, 0.1) is 12.3 Å². The predicted octanol–water partition coefficient (Wildman–Crippen LogP) is 1.87. The molecule has 2 aromatic rings. The average molecular weight is 293 g/mol. The standard InChI is InChI=1S/C14H16FN3O3/c1-9-10(8-19)7-18(16-9)13-11(15)5-4-6-12(13)21-14(20)17(2)3/h4-7,19H,8H2,1-3H3. The predicted molar refractivity (Wildman–Crippen MR) is 73.9 cm³/mol. The number of nitrogens with zero attached hydrogens (tertiary/aromatic N) is 3. The highest BCUT2D eigenvalue weighted by atomic mass is 19.1. The maximum atomic E-state index is 14.1. The monoisotopic (exact) mass is 293 g/mol. The molecule has 1 amide bonds. The van der Waals surface area contributed by atoms with E-state index in [0.717, 1.165) is 0 Å². The molecule has 112 valence electrons. The first-order chi connectivity index (χ1) is 9.93. The highest BCUT2D eigenvalue weighted by molar-refractivity contribution is 5.71. The van der Waals surface area contributed by atoms with Gasteiger partial charge in [-0.15, -0.1) is 0 Å². The maximum absolute atomic E-state index is 14.1. The number of ether oxygens (including phenoxy) is 1. The van der Waals surface area contributed by atoms with Gasteiger partial charge < -0.3 is 14.7 Å². The number of benzene rings is 1. The van der Waals surface area contributed by atoms with Gasteiger partial charge in [0.1, 0.15) is 5.69 Å². The normalized spacial score (nSPS) is 10.5. The van der Waals surface area contributed by atoms with Gasteiger partial charge >= 0.3 is 6.09 Å². The van der Waals surface area contributed by atoms with Crippen LogP contribution < -0.4 is 4.74 Å². The van der Waals surface area contributed by atoms with Crippen molar-refractivity contribution in [2.75, 3.05) is 14.1 Å². The number of carbonyl (C=O) groups is 1. The Labute approximate surface area is 121 Å². The van der Waals surface area contributed by atoms with E-state index >= 15 is 0 Å². The zero-order valence-electron chi connectivity index (χ0n) is 12.0. The molecule has 0 atom stereocenters. The van der Waals surface area contributed by atoms with Gasteiger partial charge in [0.15, 0.2) is 11.6 Å². The Morgan fingerprint density at radius 1 is 1.48 bits per heavy atom. The van der Waals surface area contributed by atoms with E-state index in [2.05, 4.69) is 5.10 Å². The molecule has 1 heterocycles. The summed E-state index contributed by atoms with van der Waals surface area (Å²) in [5.74, 6) is -0.522. The average Bonchev–Trinajstić information content (AvgIpc) is 2.79. The Morgan fingerprint density at radius 2 is 2.19 bits per heavy atom. The number of aliphatic hydroxyl groups is 1. The maximum Gasteiger partial charge on any atom is 0.414 e. The minimum Gasteiger partial charge on any atom is -0.408 e. The molecule has 7 heteroatoms. The number of carbonyl (C=O) groups excluding carboxylic acids is 1. The number of halogens is 1. The van der Waals surface area contributed by atoms with Gasteiger partial charge in [0.2, 0.25) is 0 Å². The van der Waals surface area contributed by atoms with Gasteiger partial charge in [0.25, 0.3) is 0 Å². The van der Waals surface area contributed by atoms with Crippen LogP contribution in [-0.4, -0.2) is 40.0 Å². The van der Waals surface area contributed by atoms with Crippen LogP contribution in [0.3, 0.4) is 0 Å². The summed E-state index contributed by atoms with van der Waals surface area (Å²) in [4.78, 5) is 12.9. The van der Waals surface area contributed by atoms with Crippen molar-refractivity contribution in [1.29, 1.82) is 0 Å². The first kappa shape index (κ1) is 15.0. The molecule has 0 aliphatic rings. The van der Waals surface area contributed by atoms with Crippen LogP contribution in [-0.2, 0) is 6.61 Å². The fraction of sp³-hybridized carbons (Fsp3) is 0.286. The summed E-state index contributed by atoms with van der Waals surface area (Å²) in [7, 11) is 3.06. The minimum absolute atomic E-state index is 0.0236. The number of aromatic nitrogens is 2. The quantitative estimate of drug-likeness (QED) is 0.938. The molecule has 1 aromatic heterocycles. The van der Waals surface area contributed by atoms with Crippen molar-refractivity contribution in [2.24, 2.45) is 0 Å². The third-order valence-electron chi connectivity index (χ3n) is 2.91. The molecule has 0 spiro atoms. The molecular weight excluding hydrogens is 277 g/mol. The van der Waals surface area contributed by atoms with Crippen LogP contribution in [0.5, 0.6) is 5.75 Å². The molecule has 0 saturated carbocycles. The lowest BCUT2D eigenvalue weighted by atomic mass is 10.2. The lowest BCUT2D eigenvalue weighted by Crippen LogP contribution is -2.26. The highest BCUT2D eigenvalue weighted by Crippen LogP contribution is 2.26. The Bertz CT molecular complexity index is 667. The van der Waals surface area contributed by atoms with Crippen LogP contribution >= 0.6 is 0 Å². The molecule has 0 fully saturated rings. The van der Waals surface area contributed by atoms with Gasteiger partial charge in [-0.25, -0.2) is 13.9 Å². The van der Waals surface area contributed by atoms with E-state index in [4.69, 9.17) is 4.74 Å². The first-order valence-electron chi connectivity index (χ1n) is 6.28. The molecule has 1 aromatic carbocycles. The van der Waals surface area contributed by atoms with Crippen molar-refractivity contribution in [3.05, 3.63) is 41.5 Å². The van der Waals surface area contributed by atoms with E-state index in [1.807, 2.05) is 0 Å². The van der Waals surface area contributed by atoms with Crippen molar-refractivity contribution < 1.29 is 19.0 Å². The molecule has 0 saturated heterocycles. The summed E-state index contributed by atoms with van der Waals surface area (Å²) in [6.45, 7) is 1.50. The van der Waals surface area contributed by atoms with Gasteiger partial charge in [-0.05, 0) is 19.1 Å². The van der Waals surface area contributed by atoms with Crippen LogP contribution in [0.4, 0.5) is 9.18 Å². The summed E-state index contributed by atoms with van der Waals surface area (Å²) in [6, 6.07) is 4.17. The van der Waals surface area contributed by atoms with Crippen LogP contribution in [0.15, 0.2) is 24.4 Å². The Hall–Kier alpha value is -2.41. The molecule has 0 aliphatic carbocycles. The number of rotatable bonds is 3. The van der Waals surface area contributed by atoms with Crippen molar-refractivity contribution in [3.63, 3.8) is 0 Å². The van der Waals surface area contributed by atoms with Crippen LogP contribution in [0.2, 0.25) is 0 Å². The second-order valence-electron chi connectivity index (χ2n) is 4.69. The van der Waals surface area contributed by atoms with Crippen LogP contribution in [0, 0.1) is 12.7 Å². The minimum atomic E-state index is -0.617. The van der Waals surface area contributed by atoms with Crippen molar-refractivity contribution in [2.45, 2.75) is 13.5 Å². The van der Waals surface area contributed by atoms with Crippen molar-refractivity contribution in [1.82, 2.24) is 14.7 Å². The fourth-order valence-electron chi connectivity index (χ4n) is 1.75. The third-order valence-corrected chi connectivity index (χ3v) is 2.91. The Morgan fingerprint density at radius 3 is 2.76 bits per heavy atom. The lowest BCUT2D eigenvalue weighted by Gasteiger charge is -2.14. The van der Waals surface area contributed by atoms with Crippen LogP contribution in [0.1, 0.15) is 11.3 Å². The number of hydrogen-bond donors (Lipinski definition) is 1. The topological polar surface area (TPSA) is 67.6 Å². The smallest absolute Gasteiger partial charge is 0.408 e. The lowest BCUT2D eigenvalue weighted by molar-refractivity contribution is 0.171. The number of hydrogen-bond acceptors (Lipinski definition) is 4. The second kappa shape index (κ2) is 5.92. The Balaban J connectivity index is 2.48. The zero-order valence-corrected chi connectivity index (χ0v) is 12.0. The fourth-order valence-corrected chi connectivity index (χ4v) is 1.75. The van der Waals surface area contributed by atoms with Gasteiger partial charge in [-0.2, -0.15) is 5.10 Å². The second-order valence-corrected chi connectivity index (χ2v) is 4.69. The summed E-state index contributed by atoms with van der Waals surface area (Å²) in [5.41, 5.74) is 1.17. The number of para-hydroxylation sites is 1. The molecular formula is C14H16FN3O3. The largest absolute Gasteiger partial charge is 0.414 e. The summed E-state index contributed by atoms with van der Waals surface area (Å²) >= 11 is 0. The van der Waals surface area contributed by atoms with Crippen molar-refractivity contribution in [3.8, 4) is 11.4 Å². The molecule has 2 rings (SSSR count). The number of amides is 1. The van der Waals surface area contributed by atoms with Gasteiger partial charge in [-0.3, -0.25) is 0 Å². The third kappa shape index (κ3) is 3.03. The molecule has 0 bridgehead atoms. The SMILES string of the molecule is Cc1nn(-c2c(F)cccc2OC(=O)N(C)C)cc1CO. The molecule has 0 radical (unpaired) electrons. The Kier molecular flexibility index (Phi) is 4.23. The number of aliphatic hydroxyl groups excluding tert-OH is 1. The van der Waals surface area contributed by atoms with E-state index in [1.54, 1.807) is 6.92 Å². The molecule has 21 heavy (non-hydrogen) atoms. The van der Waals surface area contributed by atoms with E-state index in [-0.39, 0.29) is 18.0 Å². The number of aryl methyl sites for hydroxylation is 1. The summed E-state index contributed by atoms with van der Waals surface area (Å²) < 4.78 is 20.5. The molecule has 0 unspecified atom stereocenters. The molecule has 6 nitrogen and oxygen atoms in total. The zero-order chi connectivity index (χ0) is 15.6. The van der Waals surface area contributed by atoms with Crippen LogP contribution in [0.25, 0.3) is 5.69 Å². The van der Waals surface area contributed by atoms with E-state index < -0.39 is 11.9 Å². The summed E-state index contributed by atoms with van der Waals surface area (Å²) in [5, 5.41) is 13.3. The van der Waals surface area contributed by atoms with E-state index in [1.165, 1.54) is 48.1 Å². The first-order valence-corrected chi connectivity index (χ1v) is 6.28. The van der Waals surface area contributed by atoms with Gasteiger partial charge in [0, 0.05) is 25.9 Å². The summed E-state index contributed by atoms with van der Waals surface area (Å²) in [6.07, 6.45) is 0.883. The molecule has 0 aliphatic heterocycles. The van der Waals surface area contributed by atoms with Crippen molar-refractivity contribution >= 4 is 6.09 Å². The highest BCUT2D eigenvalue weighted by Gasteiger charge is 2.18. The van der Waals surface area contributed by atoms with Gasteiger partial charge in [-0.1, -0.05) is 6.07 Å². The van der Waals surface area contributed by atoms with E-state index in [9.17, 15) is 14.3 Å². The van der Waals surface area contributed by atoms with E-state index in [0.29, 0.717) is 11.3 Å². The molecule has 1 N–H and O–H groups in total.